The lowest BCUT2D eigenvalue weighted by atomic mass is 10.2. The third-order valence-corrected chi connectivity index (χ3v) is 2.32. The number of hydrogen-bond donors (Lipinski definition) is 1. The molecular weight excluding hydrogens is 237 g/mol. The maximum absolute atomic E-state index is 12.5. The zero-order valence-corrected chi connectivity index (χ0v) is 9.52. The molecule has 5 heteroatoms. The second-order valence-electron chi connectivity index (χ2n) is 3.27. The first kappa shape index (κ1) is 13.2. The minimum absolute atomic E-state index is 0.103. The van der Waals surface area contributed by atoms with Crippen LogP contribution in [0.3, 0.4) is 0 Å². The van der Waals surface area contributed by atoms with Gasteiger partial charge in [0.2, 0.25) is 0 Å². The number of para-hydroxylation sites is 1. The molecule has 0 aliphatic heterocycles. The topological polar surface area (TPSA) is 9.23 Å². The monoisotopic (exact) mass is 250 g/mol. The quantitative estimate of drug-likeness (QED) is 0.618. The van der Waals surface area contributed by atoms with Crippen LogP contribution in [0.4, 0.5) is 13.2 Å². The number of ether oxygens (including phenoxy) is 1. The zero-order valence-electron chi connectivity index (χ0n) is 8.63. The van der Waals surface area contributed by atoms with E-state index in [1.54, 1.807) is 0 Å². The summed E-state index contributed by atoms with van der Waals surface area (Å²) in [5, 5.41) is 0. The molecule has 0 unspecified atom stereocenters. The highest BCUT2D eigenvalue weighted by molar-refractivity contribution is 7.80. The molecule has 0 aromatic heterocycles. The van der Waals surface area contributed by atoms with E-state index in [4.69, 9.17) is 4.74 Å². The number of benzene rings is 1. The molecule has 0 atom stereocenters. The second kappa shape index (κ2) is 6.03. The van der Waals surface area contributed by atoms with Crippen LogP contribution in [0.25, 0.3) is 0 Å². The standard InChI is InChI=1S/C11H13F3OS/c12-11(13,14)9-5-1-2-6-10(9)15-7-3-4-8-16/h1-2,5-6,16H,3-4,7-8H2. The van der Waals surface area contributed by atoms with E-state index in [2.05, 4.69) is 12.6 Å². The second-order valence-corrected chi connectivity index (χ2v) is 3.72. The van der Waals surface area contributed by atoms with Crippen LogP contribution >= 0.6 is 12.6 Å². The SMILES string of the molecule is FC(F)(F)c1ccccc1OCCCCS. The van der Waals surface area contributed by atoms with Gasteiger partial charge in [-0.05, 0) is 30.7 Å². The Kier molecular flexibility index (Phi) is 4.99. The highest BCUT2D eigenvalue weighted by Gasteiger charge is 2.33. The van der Waals surface area contributed by atoms with Crippen LogP contribution in [-0.2, 0) is 6.18 Å². The minimum Gasteiger partial charge on any atom is -0.493 e. The Labute approximate surface area is 98.0 Å². The Balaban J connectivity index is 2.65. The van der Waals surface area contributed by atoms with E-state index >= 15 is 0 Å². The molecule has 0 fully saturated rings. The molecule has 0 saturated carbocycles. The van der Waals surface area contributed by atoms with Crippen molar-refractivity contribution in [3.8, 4) is 5.75 Å². The van der Waals surface area contributed by atoms with Crippen molar-refractivity contribution in [2.75, 3.05) is 12.4 Å². The summed E-state index contributed by atoms with van der Waals surface area (Å²) in [4.78, 5) is 0. The third kappa shape index (κ3) is 3.96. The fraction of sp³-hybridized carbons (Fsp3) is 0.455. The molecule has 0 bridgehead atoms. The van der Waals surface area contributed by atoms with E-state index in [0.29, 0.717) is 12.2 Å². The van der Waals surface area contributed by atoms with Crippen LogP contribution in [0.5, 0.6) is 5.75 Å². The minimum atomic E-state index is -4.36. The van der Waals surface area contributed by atoms with Gasteiger partial charge < -0.3 is 4.74 Å². The van der Waals surface area contributed by atoms with Crippen LogP contribution in [0, 0.1) is 0 Å². The predicted molar refractivity (Wildman–Crippen MR) is 60.0 cm³/mol. The van der Waals surface area contributed by atoms with Gasteiger partial charge in [-0.25, -0.2) is 0 Å². The lowest BCUT2D eigenvalue weighted by molar-refractivity contribution is -0.138. The Bertz CT molecular complexity index is 325. The lowest BCUT2D eigenvalue weighted by Gasteiger charge is -2.13. The van der Waals surface area contributed by atoms with Crippen molar-refractivity contribution in [2.24, 2.45) is 0 Å². The van der Waals surface area contributed by atoms with Gasteiger partial charge in [-0.2, -0.15) is 25.8 Å². The van der Waals surface area contributed by atoms with Crippen molar-refractivity contribution < 1.29 is 17.9 Å². The molecule has 1 aromatic carbocycles. The van der Waals surface area contributed by atoms with Crippen molar-refractivity contribution in [3.05, 3.63) is 29.8 Å². The van der Waals surface area contributed by atoms with Gasteiger partial charge >= 0.3 is 6.18 Å². The van der Waals surface area contributed by atoms with Gasteiger partial charge in [-0.15, -0.1) is 0 Å². The molecule has 0 amide bonds. The predicted octanol–water partition coefficient (Wildman–Crippen LogP) is 3.79. The van der Waals surface area contributed by atoms with Gasteiger partial charge in [0.15, 0.2) is 0 Å². The Morgan fingerprint density at radius 3 is 2.44 bits per heavy atom. The van der Waals surface area contributed by atoms with E-state index in [-0.39, 0.29) is 12.4 Å². The van der Waals surface area contributed by atoms with Gasteiger partial charge in [-0.1, -0.05) is 12.1 Å². The maximum atomic E-state index is 12.5. The molecule has 0 radical (unpaired) electrons. The van der Waals surface area contributed by atoms with Crippen molar-refractivity contribution in [1.82, 2.24) is 0 Å². The Morgan fingerprint density at radius 1 is 1.12 bits per heavy atom. The van der Waals surface area contributed by atoms with Gasteiger partial charge in [0.25, 0.3) is 0 Å². The van der Waals surface area contributed by atoms with E-state index in [1.165, 1.54) is 18.2 Å². The number of thiol groups is 1. The van der Waals surface area contributed by atoms with Gasteiger partial charge in [0, 0.05) is 0 Å². The van der Waals surface area contributed by atoms with Crippen LogP contribution < -0.4 is 4.74 Å². The molecule has 0 heterocycles. The highest BCUT2D eigenvalue weighted by Crippen LogP contribution is 2.35. The maximum Gasteiger partial charge on any atom is 0.419 e. The van der Waals surface area contributed by atoms with E-state index in [1.807, 2.05) is 0 Å². The Hall–Kier alpha value is -0.840. The molecule has 0 N–H and O–H groups in total. The van der Waals surface area contributed by atoms with Crippen molar-refractivity contribution in [1.29, 1.82) is 0 Å². The van der Waals surface area contributed by atoms with Crippen LogP contribution in [-0.4, -0.2) is 12.4 Å². The fourth-order valence-electron chi connectivity index (χ4n) is 1.22. The van der Waals surface area contributed by atoms with Crippen LogP contribution in [0.2, 0.25) is 0 Å². The molecule has 1 aromatic rings. The smallest absolute Gasteiger partial charge is 0.419 e. The summed E-state index contributed by atoms with van der Waals surface area (Å²) in [6.07, 6.45) is -2.83. The van der Waals surface area contributed by atoms with Crippen molar-refractivity contribution >= 4 is 12.6 Å². The van der Waals surface area contributed by atoms with E-state index in [0.717, 1.165) is 12.5 Å². The Morgan fingerprint density at radius 2 is 1.81 bits per heavy atom. The molecule has 0 saturated heterocycles. The van der Waals surface area contributed by atoms with Crippen molar-refractivity contribution in [3.63, 3.8) is 0 Å². The molecule has 90 valence electrons. The van der Waals surface area contributed by atoms with Gasteiger partial charge in [0.05, 0.1) is 12.2 Å². The lowest BCUT2D eigenvalue weighted by Crippen LogP contribution is -2.09. The van der Waals surface area contributed by atoms with E-state index < -0.39 is 11.7 Å². The first-order chi connectivity index (χ1) is 7.55. The molecule has 0 spiro atoms. The van der Waals surface area contributed by atoms with Crippen LogP contribution in [0.1, 0.15) is 18.4 Å². The summed E-state index contributed by atoms with van der Waals surface area (Å²) in [7, 11) is 0. The first-order valence-electron chi connectivity index (χ1n) is 4.95. The summed E-state index contributed by atoms with van der Waals surface area (Å²) in [6.45, 7) is 0.285. The number of halogens is 3. The number of alkyl halides is 3. The molecule has 1 nitrogen and oxygen atoms in total. The summed E-state index contributed by atoms with van der Waals surface area (Å²) in [5.74, 6) is 0.610. The first-order valence-corrected chi connectivity index (χ1v) is 5.59. The van der Waals surface area contributed by atoms with Crippen molar-refractivity contribution in [2.45, 2.75) is 19.0 Å². The average molecular weight is 250 g/mol. The third-order valence-electron chi connectivity index (χ3n) is 2.00. The summed E-state index contributed by atoms with van der Waals surface area (Å²) in [5.41, 5.74) is -0.721. The number of hydrogen-bond acceptors (Lipinski definition) is 2. The summed E-state index contributed by atoms with van der Waals surface area (Å²) >= 11 is 4.01. The molecule has 1 rings (SSSR count). The highest BCUT2D eigenvalue weighted by atomic mass is 32.1. The largest absolute Gasteiger partial charge is 0.493 e. The zero-order chi connectivity index (χ0) is 12.0. The number of unbranched alkanes of at least 4 members (excludes halogenated alkanes) is 1. The number of rotatable bonds is 5. The fourth-order valence-corrected chi connectivity index (χ4v) is 1.45. The van der Waals surface area contributed by atoms with E-state index in [9.17, 15) is 13.2 Å². The summed E-state index contributed by atoms with van der Waals surface area (Å²) < 4.78 is 42.7. The molecule has 0 aliphatic carbocycles. The molecular formula is C11H13F3OS. The van der Waals surface area contributed by atoms with Gasteiger partial charge in [0.1, 0.15) is 5.75 Å². The molecule has 16 heavy (non-hydrogen) atoms. The normalized spacial score (nSPS) is 11.5. The van der Waals surface area contributed by atoms with Gasteiger partial charge in [-0.3, -0.25) is 0 Å². The van der Waals surface area contributed by atoms with Crippen LogP contribution in [0.15, 0.2) is 24.3 Å². The average Bonchev–Trinajstić information content (AvgIpc) is 2.24. The summed E-state index contributed by atoms with van der Waals surface area (Å²) in [6, 6.07) is 5.24. The molecule has 0 aliphatic rings.